The van der Waals surface area contributed by atoms with Gasteiger partial charge in [-0.2, -0.15) is 0 Å². The topological polar surface area (TPSA) is 87.5 Å². The largest absolute Gasteiger partial charge is 0.355 e. The van der Waals surface area contributed by atoms with Crippen LogP contribution in [0.4, 0.5) is 5.69 Å². The Labute approximate surface area is 159 Å². The molecular weight excluding hydrogens is 363 g/mol. The number of aryl methyl sites for hydroxylation is 1. The van der Waals surface area contributed by atoms with Crippen LogP contribution in [0.1, 0.15) is 18.4 Å². The minimum Gasteiger partial charge on any atom is -0.355 e. The van der Waals surface area contributed by atoms with Crippen molar-refractivity contribution in [1.82, 2.24) is 10.2 Å². The first-order valence-corrected chi connectivity index (χ1v) is 8.63. The SMILES string of the molecule is Cc1ccc(NC(=O)CN2CCCC(C(=O)NCCN)C2)c(Cl)c1.Cl. The molecule has 0 aliphatic carbocycles. The molecule has 0 aromatic heterocycles. The molecule has 0 saturated carbocycles. The summed E-state index contributed by atoms with van der Waals surface area (Å²) in [7, 11) is 0. The summed E-state index contributed by atoms with van der Waals surface area (Å²) in [4.78, 5) is 26.3. The van der Waals surface area contributed by atoms with Crippen LogP contribution in [0.25, 0.3) is 0 Å². The van der Waals surface area contributed by atoms with Crippen LogP contribution < -0.4 is 16.4 Å². The molecule has 1 fully saturated rings. The van der Waals surface area contributed by atoms with Gasteiger partial charge in [-0.25, -0.2) is 0 Å². The first-order chi connectivity index (χ1) is 11.5. The Kier molecular flexibility index (Phi) is 9.21. The molecule has 2 amide bonds. The molecule has 1 unspecified atom stereocenters. The summed E-state index contributed by atoms with van der Waals surface area (Å²) in [5, 5.41) is 6.18. The number of carbonyl (C=O) groups excluding carboxylic acids is 2. The molecule has 0 bridgehead atoms. The lowest BCUT2D eigenvalue weighted by atomic mass is 9.97. The van der Waals surface area contributed by atoms with Crippen molar-refractivity contribution in [3.8, 4) is 0 Å². The van der Waals surface area contributed by atoms with Crippen LogP contribution in [0.3, 0.4) is 0 Å². The van der Waals surface area contributed by atoms with Gasteiger partial charge in [0.2, 0.25) is 11.8 Å². The van der Waals surface area contributed by atoms with Crippen molar-refractivity contribution in [2.45, 2.75) is 19.8 Å². The number of nitrogens with one attached hydrogen (secondary N) is 2. The third-order valence-corrected chi connectivity index (χ3v) is 4.40. The normalized spacial score (nSPS) is 17.5. The van der Waals surface area contributed by atoms with Crippen molar-refractivity contribution in [2.24, 2.45) is 11.7 Å². The molecule has 25 heavy (non-hydrogen) atoms. The van der Waals surface area contributed by atoms with Crippen LogP contribution in [0, 0.1) is 12.8 Å². The van der Waals surface area contributed by atoms with Crippen molar-refractivity contribution >= 4 is 41.5 Å². The van der Waals surface area contributed by atoms with Gasteiger partial charge in [0.1, 0.15) is 0 Å². The Bertz CT molecular complexity index is 598. The van der Waals surface area contributed by atoms with Gasteiger partial charge < -0.3 is 16.4 Å². The van der Waals surface area contributed by atoms with Crippen molar-refractivity contribution < 1.29 is 9.59 Å². The standard InChI is InChI=1S/C17H25ClN4O2.ClH/c1-12-4-5-15(14(18)9-12)21-16(23)11-22-8-2-3-13(10-22)17(24)20-7-6-19;/h4-5,9,13H,2-3,6-8,10-11,19H2,1H3,(H,20,24)(H,21,23);1H. The minimum absolute atomic E-state index is 0. The van der Waals surface area contributed by atoms with Crippen LogP contribution in [-0.4, -0.2) is 49.4 Å². The number of rotatable bonds is 6. The Morgan fingerprint density at radius 3 is 2.84 bits per heavy atom. The Hall–Kier alpha value is -1.34. The van der Waals surface area contributed by atoms with Gasteiger partial charge in [-0.05, 0) is 44.0 Å². The number of hydrogen-bond donors (Lipinski definition) is 3. The lowest BCUT2D eigenvalue weighted by Gasteiger charge is -2.31. The van der Waals surface area contributed by atoms with Gasteiger partial charge in [-0.3, -0.25) is 14.5 Å². The molecule has 2 rings (SSSR count). The highest BCUT2D eigenvalue weighted by Gasteiger charge is 2.26. The van der Waals surface area contributed by atoms with E-state index >= 15 is 0 Å². The van der Waals surface area contributed by atoms with E-state index in [4.69, 9.17) is 17.3 Å². The Morgan fingerprint density at radius 2 is 2.16 bits per heavy atom. The maximum absolute atomic E-state index is 12.2. The lowest BCUT2D eigenvalue weighted by molar-refractivity contribution is -0.127. The van der Waals surface area contributed by atoms with E-state index in [0.29, 0.717) is 30.3 Å². The Morgan fingerprint density at radius 1 is 1.40 bits per heavy atom. The second kappa shape index (κ2) is 10.6. The van der Waals surface area contributed by atoms with Crippen LogP contribution in [-0.2, 0) is 9.59 Å². The molecule has 6 nitrogen and oxygen atoms in total. The van der Waals surface area contributed by atoms with Gasteiger partial charge in [-0.15, -0.1) is 12.4 Å². The maximum atomic E-state index is 12.2. The summed E-state index contributed by atoms with van der Waals surface area (Å²) in [6.45, 7) is 4.52. The second-order valence-electron chi connectivity index (χ2n) is 6.19. The zero-order valence-electron chi connectivity index (χ0n) is 14.4. The van der Waals surface area contributed by atoms with Crippen molar-refractivity contribution in [2.75, 3.05) is 38.0 Å². The highest BCUT2D eigenvalue weighted by Crippen LogP contribution is 2.23. The molecule has 1 aliphatic heterocycles. The van der Waals surface area contributed by atoms with E-state index in [9.17, 15) is 9.59 Å². The number of likely N-dealkylation sites (tertiary alicyclic amines) is 1. The van der Waals surface area contributed by atoms with Gasteiger partial charge >= 0.3 is 0 Å². The van der Waals surface area contributed by atoms with Crippen LogP contribution in [0.5, 0.6) is 0 Å². The van der Waals surface area contributed by atoms with Gasteiger partial charge in [0.05, 0.1) is 23.2 Å². The molecule has 140 valence electrons. The minimum atomic E-state index is -0.122. The highest BCUT2D eigenvalue weighted by atomic mass is 35.5. The summed E-state index contributed by atoms with van der Waals surface area (Å²) in [5.41, 5.74) is 7.06. The second-order valence-corrected chi connectivity index (χ2v) is 6.59. The summed E-state index contributed by atoms with van der Waals surface area (Å²) >= 11 is 6.14. The fourth-order valence-electron chi connectivity index (χ4n) is 2.87. The van der Waals surface area contributed by atoms with E-state index in [1.807, 2.05) is 24.0 Å². The number of piperidine rings is 1. The number of nitrogens with two attached hydrogens (primary N) is 1. The van der Waals surface area contributed by atoms with Crippen molar-refractivity contribution in [3.05, 3.63) is 28.8 Å². The summed E-state index contributed by atoms with van der Waals surface area (Å²) in [6, 6.07) is 5.52. The van der Waals surface area contributed by atoms with E-state index in [-0.39, 0.29) is 36.7 Å². The number of nitrogens with zero attached hydrogens (tertiary/aromatic N) is 1. The van der Waals surface area contributed by atoms with E-state index in [2.05, 4.69) is 10.6 Å². The number of halogens is 2. The average Bonchev–Trinajstić information content (AvgIpc) is 2.55. The van der Waals surface area contributed by atoms with E-state index in [1.165, 1.54) is 0 Å². The fourth-order valence-corrected chi connectivity index (χ4v) is 3.15. The number of carbonyl (C=O) groups is 2. The summed E-state index contributed by atoms with van der Waals surface area (Å²) in [6.07, 6.45) is 1.75. The van der Waals surface area contributed by atoms with E-state index in [1.54, 1.807) is 6.07 Å². The van der Waals surface area contributed by atoms with E-state index in [0.717, 1.165) is 24.9 Å². The fraction of sp³-hybridized carbons (Fsp3) is 0.529. The van der Waals surface area contributed by atoms with Crippen LogP contribution in [0.15, 0.2) is 18.2 Å². The van der Waals surface area contributed by atoms with Crippen LogP contribution >= 0.6 is 24.0 Å². The zero-order valence-corrected chi connectivity index (χ0v) is 16.0. The molecule has 0 radical (unpaired) electrons. The smallest absolute Gasteiger partial charge is 0.238 e. The number of hydrogen-bond acceptors (Lipinski definition) is 4. The maximum Gasteiger partial charge on any atom is 0.238 e. The van der Waals surface area contributed by atoms with Gasteiger partial charge in [0, 0.05) is 19.6 Å². The quantitative estimate of drug-likeness (QED) is 0.693. The lowest BCUT2D eigenvalue weighted by Crippen LogP contribution is -2.46. The molecule has 1 aromatic rings. The molecule has 1 heterocycles. The molecule has 1 aromatic carbocycles. The van der Waals surface area contributed by atoms with Gasteiger partial charge in [0.25, 0.3) is 0 Å². The zero-order chi connectivity index (χ0) is 17.5. The molecule has 4 N–H and O–H groups in total. The molecular formula is C17H26Cl2N4O2. The highest BCUT2D eigenvalue weighted by molar-refractivity contribution is 6.33. The van der Waals surface area contributed by atoms with E-state index < -0.39 is 0 Å². The third-order valence-electron chi connectivity index (χ3n) is 4.09. The number of amides is 2. The number of benzene rings is 1. The first kappa shape index (κ1) is 21.7. The van der Waals surface area contributed by atoms with Crippen LogP contribution in [0.2, 0.25) is 5.02 Å². The average molecular weight is 389 g/mol. The van der Waals surface area contributed by atoms with Crippen molar-refractivity contribution in [3.63, 3.8) is 0 Å². The Balaban J connectivity index is 0.00000312. The molecule has 8 heteroatoms. The predicted octanol–water partition coefficient (Wildman–Crippen LogP) is 1.80. The summed E-state index contributed by atoms with van der Waals surface area (Å²) in [5.74, 6) is -0.183. The van der Waals surface area contributed by atoms with Crippen molar-refractivity contribution in [1.29, 1.82) is 0 Å². The van der Waals surface area contributed by atoms with Gasteiger partial charge in [0.15, 0.2) is 0 Å². The molecule has 1 saturated heterocycles. The number of anilines is 1. The molecule has 1 atom stereocenters. The molecule has 0 spiro atoms. The molecule has 1 aliphatic rings. The van der Waals surface area contributed by atoms with Gasteiger partial charge in [-0.1, -0.05) is 17.7 Å². The third kappa shape index (κ3) is 6.82. The predicted molar refractivity (Wildman–Crippen MR) is 103 cm³/mol. The monoisotopic (exact) mass is 388 g/mol. The summed E-state index contributed by atoms with van der Waals surface area (Å²) < 4.78 is 0. The first-order valence-electron chi connectivity index (χ1n) is 8.25.